The molecule has 0 saturated carbocycles. The van der Waals surface area contributed by atoms with Crippen LogP contribution in [0.4, 0.5) is 4.39 Å². The largest absolute Gasteiger partial charge is 0.330 e. The molecule has 0 fully saturated rings. The Balaban J connectivity index is 2.00. The van der Waals surface area contributed by atoms with Gasteiger partial charge in [0.15, 0.2) is 5.82 Å². The lowest BCUT2D eigenvalue weighted by Crippen LogP contribution is -2.08. The first-order chi connectivity index (χ1) is 8.79. The van der Waals surface area contributed by atoms with Gasteiger partial charge in [0.2, 0.25) is 0 Å². The van der Waals surface area contributed by atoms with Crippen molar-refractivity contribution in [2.45, 2.75) is 25.8 Å². The zero-order chi connectivity index (χ0) is 12.8. The van der Waals surface area contributed by atoms with E-state index in [1.54, 1.807) is 16.8 Å². The Morgan fingerprint density at radius 2 is 1.94 bits per heavy atom. The maximum Gasteiger partial charge on any atom is 0.155 e. The maximum absolute atomic E-state index is 12.8. The summed E-state index contributed by atoms with van der Waals surface area (Å²) in [6.45, 7) is 1.44. The molecule has 0 aliphatic rings. The normalized spacial score (nSPS) is 10.8. The SMILES string of the molecule is NCCCCn1nnnc1Cc1ccc(F)cc1. The minimum atomic E-state index is -0.235. The number of unbranched alkanes of at least 4 members (excludes halogenated alkanes) is 1. The Labute approximate surface area is 105 Å². The molecule has 0 bridgehead atoms. The van der Waals surface area contributed by atoms with E-state index in [9.17, 15) is 4.39 Å². The van der Waals surface area contributed by atoms with Crippen molar-refractivity contribution in [1.29, 1.82) is 0 Å². The lowest BCUT2D eigenvalue weighted by atomic mass is 10.1. The third-order valence-electron chi connectivity index (χ3n) is 2.71. The van der Waals surface area contributed by atoms with Crippen molar-refractivity contribution in [2.24, 2.45) is 5.73 Å². The first-order valence-corrected chi connectivity index (χ1v) is 5.99. The predicted molar refractivity (Wildman–Crippen MR) is 65.3 cm³/mol. The molecule has 0 atom stereocenters. The van der Waals surface area contributed by atoms with Crippen molar-refractivity contribution in [3.63, 3.8) is 0 Å². The lowest BCUT2D eigenvalue weighted by molar-refractivity contribution is 0.529. The molecule has 0 radical (unpaired) electrons. The van der Waals surface area contributed by atoms with E-state index in [1.807, 2.05) is 0 Å². The Morgan fingerprint density at radius 3 is 2.67 bits per heavy atom. The highest BCUT2D eigenvalue weighted by atomic mass is 19.1. The molecule has 0 aliphatic carbocycles. The molecule has 2 N–H and O–H groups in total. The van der Waals surface area contributed by atoms with E-state index in [0.717, 1.165) is 30.8 Å². The van der Waals surface area contributed by atoms with Gasteiger partial charge in [0.05, 0.1) is 0 Å². The number of rotatable bonds is 6. The zero-order valence-corrected chi connectivity index (χ0v) is 10.1. The number of hydrogen-bond acceptors (Lipinski definition) is 4. The van der Waals surface area contributed by atoms with Crippen LogP contribution >= 0.6 is 0 Å². The summed E-state index contributed by atoms with van der Waals surface area (Å²) < 4.78 is 14.6. The molecule has 0 unspecified atom stereocenters. The Kier molecular flexibility index (Phi) is 4.35. The van der Waals surface area contributed by atoms with Gasteiger partial charge in [-0.3, -0.25) is 0 Å². The quantitative estimate of drug-likeness (QED) is 0.779. The maximum atomic E-state index is 12.8. The summed E-state index contributed by atoms with van der Waals surface area (Å²) in [5.74, 6) is 0.555. The molecule has 2 aromatic rings. The van der Waals surface area contributed by atoms with Gasteiger partial charge in [-0.1, -0.05) is 12.1 Å². The highest BCUT2D eigenvalue weighted by Crippen LogP contribution is 2.08. The van der Waals surface area contributed by atoms with Crippen LogP contribution in [0.15, 0.2) is 24.3 Å². The number of aryl methyl sites for hydroxylation is 1. The number of nitrogens with two attached hydrogens (primary N) is 1. The molecule has 2 rings (SSSR count). The predicted octanol–water partition coefficient (Wildman–Crippen LogP) is 1.14. The molecule has 0 spiro atoms. The first-order valence-electron chi connectivity index (χ1n) is 5.99. The number of benzene rings is 1. The Hall–Kier alpha value is -1.82. The molecule has 6 heteroatoms. The summed E-state index contributed by atoms with van der Waals surface area (Å²) in [5, 5.41) is 11.6. The van der Waals surface area contributed by atoms with Crippen molar-refractivity contribution in [3.8, 4) is 0 Å². The third kappa shape index (κ3) is 3.33. The number of tetrazole rings is 1. The van der Waals surface area contributed by atoms with Gasteiger partial charge in [-0.05, 0) is 47.5 Å². The Morgan fingerprint density at radius 1 is 1.17 bits per heavy atom. The van der Waals surface area contributed by atoms with E-state index in [2.05, 4.69) is 15.5 Å². The Bertz CT molecular complexity index is 479. The second-order valence-electron chi connectivity index (χ2n) is 4.12. The van der Waals surface area contributed by atoms with E-state index in [1.165, 1.54) is 12.1 Å². The van der Waals surface area contributed by atoms with E-state index in [-0.39, 0.29) is 5.82 Å². The van der Waals surface area contributed by atoms with Crippen LogP contribution in [0, 0.1) is 5.82 Å². The number of nitrogens with zero attached hydrogens (tertiary/aromatic N) is 4. The fourth-order valence-electron chi connectivity index (χ4n) is 1.71. The van der Waals surface area contributed by atoms with Gasteiger partial charge in [0.25, 0.3) is 0 Å². The molecular weight excluding hydrogens is 233 g/mol. The molecule has 96 valence electrons. The minimum Gasteiger partial charge on any atom is -0.330 e. The molecule has 1 heterocycles. The molecule has 0 amide bonds. The highest BCUT2D eigenvalue weighted by molar-refractivity contribution is 5.19. The van der Waals surface area contributed by atoms with Crippen molar-refractivity contribution < 1.29 is 4.39 Å². The van der Waals surface area contributed by atoms with Gasteiger partial charge in [0.1, 0.15) is 5.82 Å². The molecule has 5 nitrogen and oxygen atoms in total. The van der Waals surface area contributed by atoms with Crippen LogP contribution in [-0.2, 0) is 13.0 Å². The first kappa shape index (κ1) is 12.6. The van der Waals surface area contributed by atoms with Crippen LogP contribution in [0.2, 0.25) is 0 Å². The molecular formula is C12H16FN5. The van der Waals surface area contributed by atoms with Crippen LogP contribution in [0.5, 0.6) is 0 Å². The minimum absolute atomic E-state index is 0.235. The smallest absolute Gasteiger partial charge is 0.155 e. The van der Waals surface area contributed by atoms with Gasteiger partial charge >= 0.3 is 0 Å². The second kappa shape index (κ2) is 6.20. The van der Waals surface area contributed by atoms with Gasteiger partial charge in [0, 0.05) is 13.0 Å². The summed E-state index contributed by atoms with van der Waals surface area (Å²) in [5.41, 5.74) is 6.44. The van der Waals surface area contributed by atoms with Crippen molar-refractivity contribution >= 4 is 0 Å². The van der Waals surface area contributed by atoms with Crippen molar-refractivity contribution in [3.05, 3.63) is 41.5 Å². The summed E-state index contributed by atoms with van der Waals surface area (Å²) in [6.07, 6.45) is 2.52. The van der Waals surface area contributed by atoms with E-state index in [4.69, 9.17) is 5.73 Å². The lowest BCUT2D eigenvalue weighted by Gasteiger charge is -2.04. The van der Waals surface area contributed by atoms with Crippen LogP contribution in [0.25, 0.3) is 0 Å². The molecule has 18 heavy (non-hydrogen) atoms. The van der Waals surface area contributed by atoms with Crippen LogP contribution in [0.1, 0.15) is 24.2 Å². The van der Waals surface area contributed by atoms with Crippen molar-refractivity contribution in [2.75, 3.05) is 6.54 Å². The topological polar surface area (TPSA) is 69.6 Å². The van der Waals surface area contributed by atoms with Gasteiger partial charge in [-0.25, -0.2) is 9.07 Å². The number of hydrogen-bond donors (Lipinski definition) is 1. The standard InChI is InChI=1S/C12H16FN5/c13-11-5-3-10(4-6-11)9-12-15-16-17-18(12)8-2-1-7-14/h3-6H,1-2,7-9,14H2. The fourth-order valence-corrected chi connectivity index (χ4v) is 1.71. The average Bonchev–Trinajstić information content (AvgIpc) is 2.80. The van der Waals surface area contributed by atoms with Crippen LogP contribution in [0.3, 0.4) is 0 Å². The van der Waals surface area contributed by atoms with Crippen LogP contribution in [-0.4, -0.2) is 26.8 Å². The van der Waals surface area contributed by atoms with Gasteiger partial charge in [-0.15, -0.1) is 5.10 Å². The summed E-state index contributed by atoms with van der Waals surface area (Å²) in [7, 11) is 0. The third-order valence-corrected chi connectivity index (χ3v) is 2.71. The summed E-state index contributed by atoms with van der Waals surface area (Å²) in [6, 6.07) is 6.37. The van der Waals surface area contributed by atoms with Gasteiger partial charge < -0.3 is 5.73 Å². The monoisotopic (exact) mass is 249 g/mol. The van der Waals surface area contributed by atoms with E-state index < -0.39 is 0 Å². The summed E-state index contributed by atoms with van der Waals surface area (Å²) >= 11 is 0. The van der Waals surface area contributed by atoms with Gasteiger partial charge in [-0.2, -0.15) is 0 Å². The van der Waals surface area contributed by atoms with Crippen molar-refractivity contribution in [1.82, 2.24) is 20.2 Å². The fraction of sp³-hybridized carbons (Fsp3) is 0.417. The molecule has 1 aromatic carbocycles. The average molecular weight is 249 g/mol. The highest BCUT2D eigenvalue weighted by Gasteiger charge is 2.06. The van der Waals surface area contributed by atoms with E-state index >= 15 is 0 Å². The summed E-state index contributed by atoms with van der Waals surface area (Å²) in [4.78, 5) is 0. The van der Waals surface area contributed by atoms with Crippen LogP contribution < -0.4 is 5.73 Å². The number of halogens is 1. The van der Waals surface area contributed by atoms with E-state index in [0.29, 0.717) is 13.0 Å². The molecule has 0 saturated heterocycles. The zero-order valence-electron chi connectivity index (χ0n) is 10.1. The molecule has 0 aliphatic heterocycles. The second-order valence-corrected chi connectivity index (χ2v) is 4.12. The molecule has 1 aromatic heterocycles. The number of aromatic nitrogens is 4.